The number of nitrogens with zero attached hydrogens (tertiary/aromatic N) is 1. The first-order chi connectivity index (χ1) is 8.05. The third-order valence-corrected chi connectivity index (χ3v) is 5.32. The van der Waals surface area contributed by atoms with E-state index in [0.717, 1.165) is 12.0 Å². The van der Waals surface area contributed by atoms with Crippen molar-refractivity contribution in [2.75, 3.05) is 19.6 Å². The molecule has 1 aliphatic heterocycles. The molecule has 1 aromatic carbocycles. The van der Waals surface area contributed by atoms with Gasteiger partial charge in [0.2, 0.25) is 10.0 Å². The van der Waals surface area contributed by atoms with Crippen molar-refractivity contribution in [3.8, 4) is 0 Å². The summed E-state index contributed by atoms with van der Waals surface area (Å²) in [6.07, 6.45) is 0.863. The highest BCUT2D eigenvalue weighted by atomic mass is 35.5. The third kappa shape index (κ3) is 2.85. The van der Waals surface area contributed by atoms with E-state index in [2.05, 4.69) is 0 Å². The van der Waals surface area contributed by atoms with Crippen molar-refractivity contribution in [2.45, 2.75) is 18.2 Å². The molecule has 1 fully saturated rings. The maximum absolute atomic E-state index is 12.4. The van der Waals surface area contributed by atoms with Gasteiger partial charge in [-0.05, 0) is 37.4 Å². The molecule has 1 heterocycles. The molecule has 18 heavy (non-hydrogen) atoms. The quantitative estimate of drug-likeness (QED) is 0.915. The lowest BCUT2D eigenvalue weighted by atomic mass is 10.1. The number of aryl methyl sites for hydroxylation is 1. The molecular formula is C12H19ClN2O2S. The Bertz CT molecular complexity index is 505. The number of nitrogens with two attached hydrogens (primary N) is 1. The van der Waals surface area contributed by atoms with Gasteiger partial charge < -0.3 is 5.73 Å². The Hall–Kier alpha value is -0.620. The zero-order chi connectivity index (χ0) is 12.5. The standard InChI is InChI=1S/C12H18N2O2S.ClH/c1-10-4-2-3-5-12(10)17(15,16)14-7-6-11(8-13)9-14;/h2-5,11H,6-9,13H2,1H3;1H. The van der Waals surface area contributed by atoms with Gasteiger partial charge in [0.25, 0.3) is 0 Å². The molecule has 1 saturated heterocycles. The molecule has 0 amide bonds. The average molecular weight is 291 g/mol. The predicted octanol–water partition coefficient (Wildman–Crippen LogP) is 1.39. The van der Waals surface area contributed by atoms with Crippen LogP contribution in [0, 0.1) is 12.8 Å². The Kier molecular flexibility index (Phi) is 5.16. The molecule has 0 bridgehead atoms. The second kappa shape index (κ2) is 6.02. The van der Waals surface area contributed by atoms with Crippen LogP contribution in [0.3, 0.4) is 0 Å². The summed E-state index contributed by atoms with van der Waals surface area (Å²) >= 11 is 0. The SMILES string of the molecule is Cc1ccccc1S(=O)(=O)N1CCC(CN)C1.Cl. The van der Waals surface area contributed by atoms with E-state index in [4.69, 9.17) is 5.73 Å². The van der Waals surface area contributed by atoms with Crippen LogP contribution in [0.15, 0.2) is 29.2 Å². The van der Waals surface area contributed by atoms with Crippen molar-refractivity contribution in [1.29, 1.82) is 0 Å². The summed E-state index contributed by atoms with van der Waals surface area (Å²) in [5.74, 6) is 0.300. The van der Waals surface area contributed by atoms with E-state index in [0.29, 0.717) is 30.4 Å². The Balaban J connectivity index is 0.00000162. The van der Waals surface area contributed by atoms with Gasteiger partial charge in [-0.2, -0.15) is 4.31 Å². The van der Waals surface area contributed by atoms with Crippen LogP contribution in [0.25, 0.3) is 0 Å². The van der Waals surface area contributed by atoms with Crippen molar-refractivity contribution >= 4 is 22.4 Å². The lowest BCUT2D eigenvalue weighted by Gasteiger charge is -2.17. The van der Waals surface area contributed by atoms with Gasteiger partial charge in [-0.25, -0.2) is 8.42 Å². The van der Waals surface area contributed by atoms with E-state index in [1.165, 1.54) is 0 Å². The van der Waals surface area contributed by atoms with Gasteiger partial charge in [0.1, 0.15) is 0 Å². The summed E-state index contributed by atoms with van der Waals surface area (Å²) in [6, 6.07) is 7.10. The van der Waals surface area contributed by atoms with Gasteiger partial charge in [-0.3, -0.25) is 0 Å². The largest absolute Gasteiger partial charge is 0.330 e. The van der Waals surface area contributed by atoms with E-state index < -0.39 is 10.0 Å². The molecule has 1 aliphatic rings. The van der Waals surface area contributed by atoms with Crippen LogP contribution in [-0.4, -0.2) is 32.4 Å². The first-order valence-electron chi connectivity index (χ1n) is 5.81. The van der Waals surface area contributed by atoms with Crippen LogP contribution >= 0.6 is 12.4 Å². The molecule has 1 aromatic rings. The number of halogens is 1. The lowest BCUT2D eigenvalue weighted by Crippen LogP contribution is -2.30. The summed E-state index contributed by atoms with van der Waals surface area (Å²) in [7, 11) is -3.33. The van der Waals surface area contributed by atoms with Gasteiger partial charge in [-0.1, -0.05) is 18.2 Å². The molecule has 1 unspecified atom stereocenters. The third-order valence-electron chi connectivity index (χ3n) is 3.29. The highest BCUT2D eigenvalue weighted by Crippen LogP contribution is 2.25. The molecule has 1 atom stereocenters. The summed E-state index contributed by atoms with van der Waals surface area (Å²) in [6.45, 7) is 3.51. The molecule has 102 valence electrons. The molecule has 2 rings (SSSR count). The fourth-order valence-corrected chi connectivity index (χ4v) is 3.95. The second-order valence-corrected chi connectivity index (χ2v) is 6.43. The highest BCUT2D eigenvalue weighted by molar-refractivity contribution is 7.89. The maximum atomic E-state index is 12.4. The lowest BCUT2D eigenvalue weighted by molar-refractivity contribution is 0.458. The van der Waals surface area contributed by atoms with Gasteiger partial charge in [0.05, 0.1) is 4.90 Å². The van der Waals surface area contributed by atoms with Gasteiger partial charge in [0.15, 0.2) is 0 Å². The predicted molar refractivity (Wildman–Crippen MR) is 74.3 cm³/mol. The van der Waals surface area contributed by atoms with Crippen LogP contribution in [0.2, 0.25) is 0 Å². The minimum atomic E-state index is -3.33. The van der Waals surface area contributed by atoms with Crippen LogP contribution in [0.4, 0.5) is 0 Å². The van der Waals surface area contributed by atoms with Crippen molar-refractivity contribution in [1.82, 2.24) is 4.31 Å². The number of rotatable bonds is 3. The van der Waals surface area contributed by atoms with Crippen LogP contribution in [0.5, 0.6) is 0 Å². The van der Waals surface area contributed by atoms with E-state index in [-0.39, 0.29) is 12.4 Å². The minimum absolute atomic E-state index is 0. The van der Waals surface area contributed by atoms with Crippen molar-refractivity contribution in [2.24, 2.45) is 11.7 Å². The fraction of sp³-hybridized carbons (Fsp3) is 0.500. The molecule has 0 saturated carbocycles. The molecule has 6 heteroatoms. The molecule has 0 radical (unpaired) electrons. The monoisotopic (exact) mass is 290 g/mol. The molecule has 0 spiro atoms. The van der Waals surface area contributed by atoms with E-state index in [1.807, 2.05) is 19.1 Å². The van der Waals surface area contributed by atoms with Gasteiger partial charge in [-0.15, -0.1) is 12.4 Å². The van der Waals surface area contributed by atoms with Crippen LogP contribution < -0.4 is 5.73 Å². The van der Waals surface area contributed by atoms with Gasteiger partial charge in [0, 0.05) is 13.1 Å². The second-order valence-electron chi connectivity index (χ2n) is 4.52. The van der Waals surface area contributed by atoms with Crippen molar-refractivity contribution < 1.29 is 8.42 Å². The highest BCUT2D eigenvalue weighted by Gasteiger charge is 2.32. The minimum Gasteiger partial charge on any atom is -0.330 e. The number of hydrogen-bond acceptors (Lipinski definition) is 3. The number of sulfonamides is 1. The average Bonchev–Trinajstić information content (AvgIpc) is 2.78. The molecule has 4 nitrogen and oxygen atoms in total. The number of benzene rings is 1. The molecule has 0 aliphatic carbocycles. The summed E-state index contributed by atoms with van der Waals surface area (Å²) < 4.78 is 26.4. The molecular weight excluding hydrogens is 272 g/mol. The molecule has 0 aromatic heterocycles. The normalized spacial score (nSPS) is 20.7. The summed E-state index contributed by atoms with van der Waals surface area (Å²) in [4.78, 5) is 0.415. The maximum Gasteiger partial charge on any atom is 0.243 e. The smallest absolute Gasteiger partial charge is 0.243 e. The van der Waals surface area contributed by atoms with Crippen LogP contribution in [0.1, 0.15) is 12.0 Å². The number of hydrogen-bond donors (Lipinski definition) is 1. The zero-order valence-corrected chi connectivity index (χ0v) is 12.0. The summed E-state index contributed by atoms with van der Waals surface area (Å²) in [5.41, 5.74) is 6.38. The Morgan fingerprint density at radius 1 is 1.39 bits per heavy atom. The first kappa shape index (κ1) is 15.4. The topological polar surface area (TPSA) is 63.4 Å². The molecule has 2 N–H and O–H groups in total. The Morgan fingerprint density at radius 3 is 2.61 bits per heavy atom. The van der Waals surface area contributed by atoms with E-state index in [1.54, 1.807) is 16.4 Å². The summed E-state index contributed by atoms with van der Waals surface area (Å²) in [5, 5.41) is 0. The van der Waals surface area contributed by atoms with Crippen molar-refractivity contribution in [3.05, 3.63) is 29.8 Å². The first-order valence-corrected chi connectivity index (χ1v) is 7.25. The zero-order valence-electron chi connectivity index (χ0n) is 10.4. The van der Waals surface area contributed by atoms with E-state index in [9.17, 15) is 8.42 Å². The van der Waals surface area contributed by atoms with Crippen LogP contribution in [-0.2, 0) is 10.0 Å². The Labute approximate surface area is 115 Å². The Morgan fingerprint density at radius 2 is 2.06 bits per heavy atom. The van der Waals surface area contributed by atoms with Gasteiger partial charge >= 0.3 is 0 Å². The van der Waals surface area contributed by atoms with E-state index >= 15 is 0 Å². The fourth-order valence-electron chi connectivity index (χ4n) is 2.19. The van der Waals surface area contributed by atoms with Crippen molar-refractivity contribution in [3.63, 3.8) is 0 Å².